The summed E-state index contributed by atoms with van der Waals surface area (Å²) >= 11 is 0. The largest absolute Gasteiger partial charge is 0.396 e. The smallest absolute Gasteiger partial charge is 0.375 e. The highest BCUT2D eigenvalue weighted by atomic mass is 19.4. The van der Waals surface area contributed by atoms with Gasteiger partial charge in [0.2, 0.25) is 11.8 Å². The standard InChI is InChI=1S/C16H23F5N2O3.C2H6/c1-10(26-9-14(3-4-14)16(19,20)21)12(22-11(2)24)13(25)23-7-5-15(17,18)6-8-23;1-2/h10,12H,3-9H2,1-2H3,(H,22,24);1-2H3. The van der Waals surface area contributed by atoms with Crippen LogP contribution in [-0.4, -0.2) is 60.7 Å². The second-order valence-corrected chi connectivity index (χ2v) is 7.15. The van der Waals surface area contributed by atoms with Crippen molar-refractivity contribution in [2.75, 3.05) is 19.7 Å². The van der Waals surface area contributed by atoms with Crippen molar-refractivity contribution in [2.45, 2.75) is 77.6 Å². The van der Waals surface area contributed by atoms with E-state index in [1.54, 1.807) is 0 Å². The van der Waals surface area contributed by atoms with Gasteiger partial charge in [-0.15, -0.1) is 0 Å². The fourth-order valence-electron chi connectivity index (χ4n) is 2.90. The van der Waals surface area contributed by atoms with Gasteiger partial charge < -0.3 is 15.0 Å². The molecular weight excluding hydrogens is 387 g/mol. The highest BCUT2D eigenvalue weighted by Crippen LogP contribution is 2.57. The monoisotopic (exact) mass is 416 g/mol. The van der Waals surface area contributed by atoms with Crippen molar-refractivity contribution < 1.29 is 36.3 Å². The Morgan fingerprint density at radius 1 is 1.11 bits per heavy atom. The molecule has 0 spiro atoms. The highest BCUT2D eigenvalue weighted by molar-refractivity contribution is 5.87. The van der Waals surface area contributed by atoms with Gasteiger partial charge in [-0.2, -0.15) is 13.2 Å². The minimum atomic E-state index is -4.39. The lowest BCUT2D eigenvalue weighted by molar-refractivity contribution is -0.206. The number of nitrogens with one attached hydrogen (secondary N) is 1. The number of rotatable bonds is 6. The summed E-state index contributed by atoms with van der Waals surface area (Å²) in [5, 5.41) is 2.37. The van der Waals surface area contributed by atoms with Gasteiger partial charge in [0.1, 0.15) is 6.04 Å². The van der Waals surface area contributed by atoms with Crippen molar-refractivity contribution in [2.24, 2.45) is 5.41 Å². The van der Waals surface area contributed by atoms with Crippen LogP contribution in [0.3, 0.4) is 0 Å². The number of ether oxygens (including phenoxy) is 1. The van der Waals surface area contributed by atoms with Crippen molar-refractivity contribution in [3.63, 3.8) is 0 Å². The minimum Gasteiger partial charge on any atom is -0.375 e. The van der Waals surface area contributed by atoms with Crippen molar-refractivity contribution >= 4 is 11.8 Å². The van der Waals surface area contributed by atoms with E-state index in [0.29, 0.717) is 0 Å². The third-order valence-electron chi connectivity index (χ3n) is 4.98. The average molecular weight is 416 g/mol. The lowest BCUT2D eigenvalue weighted by Crippen LogP contribution is -2.56. The van der Waals surface area contributed by atoms with Crippen LogP contribution in [0, 0.1) is 5.41 Å². The maximum absolute atomic E-state index is 13.2. The molecule has 0 aromatic rings. The third-order valence-corrected chi connectivity index (χ3v) is 4.98. The molecular formula is C18H29F5N2O3. The van der Waals surface area contributed by atoms with Gasteiger partial charge in [0, 0.05) is 32.9 Å². The molecule has 1 heterocycles. The Labute approximate surface area is 162 Å². The van der Waals surface area contributed by atoms with Crippen LogP contribution in [-0.2, 0) is 14.3 Å². The number of nitrogens with zero attached hydrogens (tertiary/aromatic N) is 1. The summed E-state index contributed by atoms with van der Waals surface area (Å²) in [6.45, 7) is 5.60. The Balaban J connectivity index is 0.00000190. The van der Waals surface area contributed by atoms with E-state index in [1.807, 2.05) is 13.8 Å². The Kier molecular flexibility index (Phi) is 8.22. The molecule has 1 N–H and O–H groups in total. The first-order valence-corrected chi connectivity index (χ1v) is 9.49. The van der Waals surface area contributed by atoms with Crippen LogP contribution in [0.25, 0.3) is 0 Å². The SMILES string of the molecule is CC.CC(=O)NC(C(=O)N1CCC(F)(F)CC1)C(C)OCC1(C(F)(F)F)CC1. The number of halogens is 5. The number of hydrogen-bond acceptors (Lipinski definition) is 3. The van der Waals surface area contributed by atoms with Gasteiger partial charge in [-0.1, -0.05) is 13.8 Å². The van der Waals surface area contributed by atoms with E-state index >= 15 is 0 Å². The van der Waals surface area contributed by atoms with Gasteiger partial charge in [0.15, 0.2) is 0 Å². The number of carbonyl (C=O) groups is 2. The normalized spacial score (nSPS) is 22.4. The molecule has 0 bridgehead atoms. The molecule has 2 fully saturated rings. The molecule has 1 saturated heterocycles. The highest BCUT2D eigenvalue weighted by Gasteiger charge is 2.63. The molecule has 28 heavy (non-hydrogen) atoms. The molecule has 164 valence electrons. The maximum atomic E-state index is 13.2. The summed E-state index contributed by atoms with van der Waals surface area (Å²) in [5.74, 6) is -4.02. The number of carbonyl (C=O) groups excluding carboxylic acids is 2. The number of amides is 2. The molecule has 2 rings (SSSR count). The van der Waals surface area contributed by atoms with Crippen molar-refractivity contribution in [3.05, 3.63) is 0 Å². The topological polar surface area (TPSA) is 58.6 Å². The predicted octanol–water partition coefficient (Wildman–Crippen LogP) is 3.52. The predicted molar refractivity (Wildman–Crippen MR) is 92.8 cm³/mol. The van der Waals surface area contributed by atoms with E-state index in [2.05, 4.69) is 5.32 Å². The molecule has 1 aliphatic carbocycles. The van der Waals surface area contributed by atoms with Crippen LogP contribution in [0.1, 0.15) is 53.4 Å². The van der Waals surface area contributed by atoms with Gasteiger partial charge in [0.05, 0.1) is 18.1 Å². The molecule has 2 amide bonds. The molecule has 0 aromatic carbocycles. The van der Waals surface area contributed by atoms with Gasteiger partial charge in [-0.05, 0) is 19.8 Å². The first-order chi connectivity index (χ1) is 12.9. The van der Waals surface area contributed by atoms with Gasteiger partial charge in [-0.25, -0.2) is 8.78 Å². The summed E-state index contributed by atoms with van der Waals surface area (Å²) in [7, 11) is 0. The van der Waals surface area contributed by atoms with Gasteiger partial charge in [0.25, 0.3) is 5.92 Å². The minimum absolute atomic E-state index is 0.0385. The van der Waals surface area contributed by atoms with Crippen LogP contribution in [0.2, 0.25) is 0 Å². The van der Waals surface area contributed by atoms with Crippen LogP contribution >= 0.6 is 0 Å². The second kappa shape index (κ2) is 9.37. The fraction of sp³-hybridized carbons (Fsp3) is 0.889. The molecule has 1 saturated carbocycles. The van der Waals surface area contributed by atoms with Crippen LogP contribution < -0.4 is 5.32 Å². The zero-order valence-corrected chi connectivity index (χ0v) is 16.7. The van der Waals surface area contributed by atoms with Crippen LogP contribution in [0.5, 0.6) is 0 Å². The Morgan fingerprint density at radius 2 is 1.61 bits per heavy atom. The molecule has 0 radical (unpaired) electrons. The number of piperidine rings is 1. The number of hydrogen-bond donors (Lipinski definition) is 1. The summed E-state index contributed by atoms with van der Waals surface area (Å²) < 4.78 is 70.7. The lowest BCUT2D eigenvalue weighted by Gasteiger charge is -2.36. The van der Waals surface area contributed by atoms with E-state index < -0.39 is 60.9 Å². The van der Waals surface area contributed by atoms with Crippen LogP contribution in [0.15, 0.2) is 0 Å². The van der Waals surface area contributed by atoms with Crippen molar-refractivity contribution in [1.29, 1.82) is 0 Å². The molecule has 2 unspecified atom stereocenters. The Bertz CT molecular complexity index is 540. The van der Waals surface area contributed by atoms with E-state index in [0.717, 1.165) is 6.92 Å². The zero-order chi connectivity index (χ0) is 21.8. The van der Waals surface area contributed by atoms with E-state index in [-0.39, 0.29) is 25.9 Å². The maximum Gasteiger partial charge on any atom is 0.396 e. The fourth-order valence-corrected chi connectivity index (χ4v) is 2.90. The van der Waals surface area contributed by atoms with Gasteiger partial charge in [-0.3, -0.25) is 9.59 Å². The summed E-state index contributed by atoms with van der Waals surface area (Å²) in [4.78, 5) is 25.2. The Hall–Kier alpha value is -1.45. The van der Waals surface area contributed by atoms with E-state index in [1.165, 1.54) is 11.8 Å². The third kappa shape index (κ3) is 6.28. The van der Waals surface area contributed by atoms with Crippen molar-refractivity contribution in [3.8, 4) is 0 Å². The van der Waals surface area contributed by atoms with Gasteiger partial charge >= 0.3 is 6.18 Å². The van der Waals surface area contributed by atoms with E-state index in [9.17, 15) is 31.5 Å². The first-order valence-electron chi connectivity index (χ1n) is 9.49. The number of likely N-dealkylation sites (tertiary alicyclic amines) is 1. The number of alkyl halides is 5. The van der Waals surface area contributed by atoms with Crippen LogP contribution in [0.4, 0.5) is 22.0 Å². The molecule has 2 atom stereocenters. The molecule has 10 heteroatoms. The first kappa shape index (κ1) is 24.6. The molecule has 0 aromatic heterocycles. The van der Waals surface area contributed by atoms with Crippen molar-refractivity contribution in [1.82, 2.24) is 10.2 Å². The average Bonchev–Trinajstić information content (AvgIpc) is 3.40. The quantitative estimate of drug-likeness (QED) is 0.674. The second-order valence-electron chi connectivity index (χ2n) is 7.15. The zero-order valence-electron chi connectivity index (χ0n) is 16.7. The molecule has 5 nitrogen and oxygen atoms in total. The molecule has 2 aliphatic rings. The summed E-state index contributed by atoms with van der Waals surface area (Å²) in [5.41, 5.74) is -1.89. The molecule has 1 aliphatic heterocycles. The Morgan fingerprint density at radius 3 is 2.00 bits per heavy atom. The summed E-state index contributed by atoms with van der Waals surface area (Å²) in [6.07, 6.45) is -6.46. The summed E-state index contributed by atoms with van der Waals surface area (Å²) in [6, 6.07) is -1.22. The lowest BCUT2D eigenvalue weighted by atomic mass is 10.0. The van der Waals surface area contributed by atoms with E-state index in [4.69, 9.17) is 4.74 Å².